The molecule has 0 aromatic carbocycles. The third kappa shape index (κ3) is 2.90. The Morgan fingerprint density at radius 3 is 2.79 bits per heavy atom. The number of nitrogens with zero attached hydrogens (tertiary/aromatic N) is 2. The molecule has 1 saturated carbocycles. The second kappa shape index (κ2) is 5.09. The van der Waals surface area contributed by atoms with Gasteiger partial charge in [0.15, 0.2) is 0 Å². The molecular formula is C11H13N3O5. The highest BCUT2D eigenvalue weighted by Crippen LogP contribution is 2.36. The number of hydrogen-bond acceptors (Lipinski definition) is 6. The van der Waals surface area contributed by atoms with E-state index in [2.05, 4.69) is 10.3 Å². The lowest BCUT2D eigenvalue weighted by Gasteiger charge is -2.14. The van der Waals surface area contributed by atoms with Gasteiger partial charge in [0.2, 0.25) is 11.7 Å². The van der Waals surface area contributed by atoms with Crippen LogP contribution < -0.4 is 10.1 Å². The second-order valence-corrected chi connectivity index (χ2v) is 4.28. The number of hydrogen-bond donors (Lipinski definition) is 2. The molecule has 0 saturated heterocycles. The Morgan fingerprint density at radius 1 is 1.63 bits per heavy atom. The van der Waals surface area contributed by atoms with Crippen LogP contribution in [0.2, 0.25) is 0 Å². The molecule has 19 heavy (non-hydrogen) atoms. The molecule has 8 nitrogen and oxygen atoms in total. The number of methoxy groups -OCH3 is 1. The van der Waals surface area contributed by atoms with Crippen molar-refractivity contribution in [2.24, 2.45) is 5.92 Å². The van der Waals surface area contributed by atoms with E-state index in [4.69, 9.17) is 9.84 Å². The van der Waals surface area contributed by atoms with Gasteiger partial charge in [0.05, 0.1) is 12.0 Å². The van der Waals surface area contributed by atoms with Gasteiger partial charge in [-0.25, -0.2) is 4.79 Å². The van der Waals surface area contributed by atoms with Gasteiger partial charge in [-0.1, -0.05) is 0 Å². The Bertz CT molecular complexity index is 515. The highest BCUT2D eigenvalue weighted by Gasteiger charge is 2.37. The lowest BCUT2D eigenvalue weighted by molar-refractivity contribution is -0.384. The summed E-state index contributed by atoms with van der Waals surface area (Å²) in [4.78, 5) is 25.3. The number of aromatic nitrogens is 1. The van der Waals surface area contributed by atoms with Gasteiger partial charge < -0.3 is 15.2 Å². The maximum atomic E-state index is 11.1. The van der Waals surface area contributed by atoms with E-state index in [1.54, 1.807) is 0 Å². The van der Waals surface area contributed by atoms with Crippen molar-refractivity contribution in [1.29, 1.82) is 0 Å². The van der Waals surface area contributed by atoms with Crippen LogP contribution in [0.5, 0.6) is 5.88 Å². The summed E-state index contributed by atoms with van der Waals surface area (Å²) < 4.78 is 4.89. The monoisotopic (exact) mass is 267 g/mol. The van der Waals surface area contributed by atoms with Crippen LogP contribution in [-0.2, 0) is 4.79 Å². The molecule has 1 aromatic heterocycles. The third-order valence-corrected chi connectivity index (χ3v) is 2.91. The summed E-state index contributed by atoms with van der Waals surface area (Å²) in [5, 5.41) is 22.6. The fourth-order valence-electron chi connectivity index (χ4n) is 1.76. The van der Waals surface area contributed by atoms with Gasteiger partial charge in [-0.05, 0) is 18.8 Å². The van der Waals surface area contributed by atoms with Crippen molar-refractivity contribution in [2.75, 3.05) is 12.4 Å². The number of anilines is 1. The lowest BCUT2D eigenvalue weighted by atomic mass is 10.2. The number of nitrogens with one attached hydrogen (secondary N) is 1. The summed E-state index contributed by atoms with van der Waals surface area (Å²) in [5.41, 5.74) is -0.271. The van der Waals surface area contributed by atoms with Crippen molar-refractivity contribution in [3.8, 4) is 5.88 Å². The van der Waals surface area contributed by atoms with Gasteiger partial charge >= 0.3 is 11.7 Å². The molecule has 0 amide bonds. The van der Waals surface area contributed by atoms with Crippen LogP contribution in [-0.4, -0.2) is 34.1 Å². The second-order valence-electron chi connectivity index (χ2n) is 4.28. The summed E-state index contributed by atoms with van der Waals surface area (Å²) in [7, 11) is 1.38. The summed E-state index contributed by atoms with van der Waals surface area (Å²) in [6.07, 6.45) is 1.59. The first kappa shape index (κ1) is 13.1. The first-order chi connectivity index (χ1) is 9.02. The highest BCUT2D eigenvalue weighted by atomic mass is 16.6. The highest BCUT2D eigenvalue weighted by molar-refractivity contribution is 5.79. The van der Waals surface area contributed by atoms with E-state index in [0.717, 1.165) is 12.8 Å². The lowest BCUT2D eigenvalue weighted by Crippen LogP contribution is -2.32. The molecular weight excluding hydrogens is 254 g/mol. The Labute approximate surface area is 108 Å². The minimum Gasteiger partial charge on any atom is -0.481 e. The van der Waals surface area contributed by atoms with E-state index >= 15 is 0 Å². The normalized spacial score (nSPS) is 15.6. The standard InChI is InChI=1S/C11H13N3O5/c1-19-8-5-4-7(14(17)18)10(12-8)13-9(11(15)16)6-2-3-6/h4-6,9H,2-3H2,1H3,(H,12,13)(H,15,16). The minimum atomic E-state index is -1.04. The van der Waals surface area contributed by atoms with E-state index in [-0.39, 0.29) is 23.3 Å². The number of carboxylic acid groups (broad SMARTS) is 1. The SMILES string of the molecule is COc1ccc([N+](=O)[O-])c(NC(C(=O)O)C2CC2)n1. The predicted octanol–water partition coefficient (Wildman–Crippen LogP) is 1.27. The molecule has 0 aliphatic heterocycles. The van der Waals surface area contributed by atoms with Crippen LogP contribution in [0.4, 0.5) is 11.5 Å². The largest absolute Gasteiger partial charge is 0.481 e. The molecule has 1 heterocycles. The van der Waals surface area contributed by atoms with E-state index in [9.17, 15) is 14.9 Å². The van der Waals surface area contributed by atoms with Crippen LogP contribution in [0.3, 0.4) is 0 Å². The molecule has 2 rings (SSSR count). The zero-order chi connectivity index (χ0) is 14.0. The minimum absolute atomic E-state index is 0.00916. The van der Waals surface area contributed by atoms with Crippen molar-refractivity contribution in [1.82, 2.24) is 4.98 Å². The average Bonchev–Trinajstić information content (AvgIpc) is 3.19. The van der Waals surface area contributed by atoms with Crippen LogP contribution >= 0.6 is 0 Å². The smallest absolute Gasteiger partial charge is 0.326 e. The number of nitro groups is 1. The Kier molecular flexibility index (Phi) is 3.50. The number of carbonyl (C=O) groups is 1. The molecule has 1 atom stereocenters. The van der Waals surface area contributed by atoms with E-state index in [0.29, 0.717) is 0 Å². The van der Waals surface area contributed by atoms with Crippen molar-refractivity contribution in [3.05, 3.63) is 22.2 Å². The molecule has 0 bridgehead atoms. The first-order valence-electron chi connectivity index (χ1n) is 5.71. The van der Waals surface area contributed by atoms with E-state index in [1.165, 1.54) is 19.2 Å². The van der Waals surface area contributed by atoms with Gasteiger partial charge in [-0.3, -0.25) is 10.1 Å². The first-order valence-corrected chi connectivity index (χ1v) is 5.71. The molecule has 1 fully saturated rings. The quantitative estimate of drug-likeness (QED) is 0.589. The van der Waals surface area contributed by atoms with E-state index in [1.807, 2.05) is 0 Å². The fourth-order valence-corrected chi connectivity index (χ4v) is 1.76. The molecule has 102 valence electrons. The maximum absolute atomic E-state index is 11.1. The maximum Gasteiger partial charge on any atom is 0.326 e. The molecule has 2 N–H and O–H groups in total. The van der Waals surface area contributed by atoms with Crippen molar-refractivity contribution in [2.45, 2.75) is 18.9 Å². The zero-order valence-electron chi connectivity index (χ0n) is 10.2. The topological polar surface area (TPSA) is 115 Å². The van der Waals surface area contributed by atoms with Crippen molar-refractivity contribution < 1.29 is 19.6 Å². The van der Waals surface area contributed by atoms with Gasteiger partial charge in [-0.15, -0.1) is 0 Å². The van der Waals surface area contributed by atoms with Gasteiger partial charge in [-0.2, -0.15) is 4.98 Å². The van der Waals surface area contributed by atoms with Crippen LogP contribution in [0, 0.1) is 16.0 Å². The molecule has 1 aliphatic carbocycles. The van der Waals surface area contributed by atoms with Gasteiger partial charge in [0, 0.05) is 12.1 Å². The van der Waals surface area contributed by atoms with Crippen LogP contribution in [0.25, 0.3) is 0 Å². The number of carboxylic acids is 1. The number of rotatable bonds is 6. The molecule has 8 heteroatoms. The number of aliphatic carboxylic acids is 1. The summed E-state index contributed by atoms with van der Waals surface area (Å²) in [5.74, 6) is -0.941. The third-order valence-electron chi connectivity index (χ3n) is 2.91. The number of pyridine rings is 1. The Morgan fingerprint density at radius 2 is 2.32 bits per heavy atom. The fraction of sp³-hybridized carbons (Fsp3) is 0.455. The van der Waals surface area contributed by atoms with Crippen LogP contribution in [0.1, 0.15) is 12.8 Å². The van der Waals surface area contributed by atoms with E-state index < -0.39 is 16.9 Å². The summed E-state index contributed by atoms with van der Waals surface area (Å²) in [6.45, 7) is 0. The van der Waals surface area contributed by atoms with Crippen molar-refractivity contribution >= 4 is 17.5 Å². The number of ether oxygens (including phenoxy) is 1. The average molecular weight is 267 g/mol. The molecule has 0 spiro atoms. The van der Waals surface area contributed by atoms with Gasteiger partial charge in [0.1, 0.15) is 6.04 Å². The molecule has 1 aromatic rings. The van der Waals surface area contributed by atoms with Crippen molar-refractivity contribution in [3.63, 3.8) is 0 Å². The molecule has 0 radical (unpaired) electrons. The van der Waals surface area contributed by atoms with Crippen LogP contribution in [0.15, 0.2) is 12.1 Å². The predicted molar refractivity (Wildman–Crippen MR) is 65.2 cm³/mol. The van der Waals surface area contributed by atoms with Gasteiger partial charge in [0.25, 0.3) is 0 Å². The molecule has 1 unspecified atom stereocenters. The molecule has 1 aliphatic rings. The Balaban J connectivity index is 2.30. The summed E-state index contributed by atoms with van der Waals surface area (Å²) in [6, 6.07) is 1.73. The Hall–Kier alpha value is -2.38. The zero-order valence-corrected chi connectivity index (χ0v) is 10.2. The summed E-state index contributed by atoms with van der Waals surface area (Å²) >= 11 is 0.